The third-order valence-corrected chi connectivity index (χ3v) is 3.43. The van der Waals surface area contributed by atoms with Crippen LogP contribution in [0.4, 0.5) is 0 Å². The van der Waals surface area contributed by atoms with Crippen LogP contribution in [-0.4, -0.2) is 0 Å². The standard InChI is InChI=1S/C16H33/c1-12(2)8-9-15(7)11-16(14(5)6)10-13(3)4/h8,12-16H,9-11H2,1-7H3. The fourth-order valence-corrected chi connectivity index (χ4v) is 2.36. The van der Waals surface area contributed by atoms with Gasteiger partial charge in [0.05, 0.1) is 0 Å². The zero-order valence-corrected chi connectivity index (χ0v) is 12.6. The predicted octanol–water partition coefficient (Wildman–Crippen LogP) is 5.58. The van der Waals surface area contributed by atoms with Crippen molar-refractivity contribution >= 4 is 0 Å². The van der Waals surface area contributed by atoms with E-state index in [1.54, 1.807) is 0 Å². The highest BCUT2D eigenvalue weighted by molar-refractivity contribution is 4.75. The Morgan fingerprint density at radius 1 is 0.812 bits per heavy atom. The SMILES string of the molecule is CC(C)[CH]CC(C)CC(CC(C)C)C(C)C. The predicted molar refractivity (Wildman–Crippen MR) is 75.3 cm³/mol. The number of rotatable bonds is 8. The van der Waals surface area contributed by atoms with Crippen molar-refractivity contribution in [2.24, 2.45) is 29.6 Å². The van der Waals surface area contributed by atoms with E-state index in [4.69, 9.17) is 0 Å². The summed E-state index contributed by atoms with van der Waals surface area (Å²) in [6.07, 6.45) is 6.55. The molecule has 1 radical (unpaired) electrons. The topological polar surface area (TPSA) is 0 Å². The van der Waals surface area contributed by atoms with Gasteiger partial charge >= 0.3 is 0 Å². The molecule has 0 aromatic heterocycles. The van der Waals surface area contributed by atoms with Crippen LogP contribution in [0.15, 0.2) is 0 Å². The highest BCUT2D eigenvalue weighted by Crippen LogP contribution is 2.29. The van der Waals surface area contributed by atoms with Gasteiger partial charge in [-0.1, -0.05) is 48.5 Å². The maximum Gasteiger partial charge on any atom is -0.0358 e. The molecule has 0 bridgehead atoms. The molecule has 0 fully saturated rings. The third-order valence-electron chi connectivity index (χ3n) is 3.43. The minimum atomic E-state index is 0.741. The minimum absolute atomic E-state index is 0.741. The summed E-state index contributed by atoms with van der Waals surface area (Å²) in [4.78, 5) is 0. The Labute approximate surface area is 104 Å². The highest BCUT2D eigenvalue weighted by atomic mass is 14.2. The van der Waals surface area contributed by atoms with Crippen LogP contribution in [-0.2, 0) is 0 Å². The van der Waals surface area contributed by atoms with Gasteiger partial charge in [0.25, 0.3) is 0 Å². The first-order chi connectivity index (χ1) is 7.32. The molecule has 16 heavy (non-hydrogen) atoms. The Kier molecular flexibility index (Phi) is 8.14. The van der Waals surface area contributed by atoms with Crippen LogP contribution in [0.25, 0.3) is 0 Å². The molecular weight excluding hydrogens is 192 g/mol. The van der Waals surface area contributed by atoms with Gasteiger partial charge in [-0.25, -0.2) is 0 Å². The van der Waals surface area contributed by atoms with Gasteiger partial charge < -0.3 is 0 Å². The van der Waals surface area contributed by atoms with E-state index >= 15 is 0 Å². The quantitative estimate of drug-likeness (QED) is 0.506. The second-order valence-electron chi connectivity index (χ2n) is 6.69. The van der Waals surface area contributed by atoms with E-state index < -0.39 is 0 Å². The molecule has 2 unspecified atom stereocenters. The fourth-order valence-electron chi connectivity index (χ4n) is 2.36. The molecule has 0 heteroatoms. The van der Waals surface area contributed by atoms with Crippen molar-refractivity contribution in [2.75, 3.05) is 0 Å². The first-order valence-corrected chi connectivity index (χ1v) is 7.16. The highest BCUT2D eigenvalue weighted by Gasteiger charge is 2.18. The first-order valence-electron chi connectivity index (χ1n) is 7.16. The van der Waals surface area contributed by atoms with Gasteiger partial charge in [0, 0.05) is 0 Å². The molecule has 0 amide bonds. The molecule has 0 aromatic carbocycles. The Morgan fingerprint density at radius 3 is 1.75 bits per heavy atom. The van der Waals surface area contributed by atoms with E-state index in [0.29, 0.717) is 0 Å². The van der Waals surface area contributed by atoms with Crippen molar-refractivity contribution in [1.82, 2.24) is 0 Å². The third kappa shape index (κ3) is 8.19. The monoisotopic (exact) mass is 225 g/mol. The van der Waals surface area contributed by atoms with Gasteiger partial charge in [-0.3, -0.25) is 0 Å². The molecule has 97 valence electrons. The second kappa shape index (κ2) is 8.14. The van der Waals surface area contributed by atoms with Crippen molar-refractivity contribution in [2.45, 2.75) is 67.7 Å². The van der Waals surface area contributed by atoms with Gasteiger partial charge in [0.15, 0.2) is 0 Å². The van der Waals surface area contributed by atoms with Crippen molar-refractivity contribution in [3.8, 4) is 0 Å². The van der Waals surface area contributed by atoms with E-state index in [-0.39, 0.29) is 0 Å². The molecule has 0 aliphatic rings. The number of hydrogen-bond donors (Lipinski definition) is 0. The molecule has 0 nitrogen and oxygen atoms in total. The number of hydrogen-bond acceptors (Lipinski definition) is 0. The fraction of sp³-hybridized carbons (Fsp3) is 0.938. The van der Waals surface area contributed by atoms with Crippen LogP contribution in [0, 0.1) is 36.0 Å². The lowest BCUT2D eigenvalue weighted by molar-refractivity contribution is 0.258. The van der Waals surface area contributed by atoms with E-state index in [0.717, 1.165) is 29.6 Å². The molecular formula is C16H33. The van der Waals surface area contributed by atoms with Gasteiger partial charge in [0.1, 0.15) is 0 Å². The smallest absolute Gasteiger partial charge is 0.0358 e. The van der Waals surface area contributed by atoms with Crippen LogP contribution >= 0.6 is 0 Å². The molecule has 0 aliphatic carbocycles. The van der Waals surface area contributed by atoms with Crippen LogP contribution in [0.5, 0.6) is 0 Å². The van der Waals surface area contributed by atoms with Crippen molar-refractivity contribution in [3.05, 3.63) is 6.42 Å². The Hall–Kier alpha value is 0. The maximum absolute atomic E-state index is 2.47. The Balaban J connectivity index is 3.98. The first kappa shape index (κ1) is 16.0. The minimum Gasteiger partial charge on any atom is -0.0628 e. The molecule has 2 atom stereocenters. The largest absolute Gasteiger partial charge is 0.0628 e. The summed E-state index contributed by atoms with van der Waals surface area (Å²) in [5, 5.41) is 0. The Bertz CT molecular complexity index is 155. The van der Waals surface area contributed by atoms with Crippen LogP contribution < -0.4 is 0 Å². The molecule has 0 heterocycles. The average molecular weight is 225 g/mol. The molecule has 0 rings (SSSR count). The molecule has 0 spiro atoms. The molecule has 0 saturated heterocycles. The van der Waals surface area contributed by atoms with E-state index in [1.807, 2.05) is 0 Å². The summed E-state index contributed by atoms with van der Waals surface area (Å²) < 4.78 is 0. The van der Waals surface area contributed by atoms with E-state index in [2.05, 4.69) is 54.9 Å². The normalized spacial score (nSPS) is 16.1. The lowest BCUT2D eigenvalue weighted by Gasteiger charge is -2.26. The van der Waals surface area contributed by atoms with Crippen molar-refractivity contribution in [3.63, 3.8) is 0 Å². The second-order valence-corrected chi connectivity index (χ2v) is 6.69. The molecule has 0 saturated carbocycles. The summed E-state index contributed by atoms with van der Waals surface area (Å²) in [5.41, 5.74) is 0. The molecule has 0 aliphatic heterocycles. The Morgan fingerprint density at radius 2 is 1.38 bits per heavy atom. The summed E-state index contributed by atoms with van der Waals surface area (Å²) in [6, 6.07) is 0. The van der Waals surface area contributed by atoms with E-state index in [1.165, 1.54) is 19.3 Å². The van der Waals surface area contributed by atoms with Gasteiger partial charge in [-0.15, -0.1) is 0 Å². The molecule has 0 aromatic rings. The zero-order valence-electron chi connectivity index (χ0n) is 12.6. The van der Waals surface area contributed by atoms with Gasteiger partial charge in [-0.05, 0) is 55.3 Å². The van der Waals surface area contributed by atoms with Crippen LogP contribution in [0.2, 0.25) is 0 Å². The lowest BCUT2D eigenvalue weighted by Crippen LogP contribution is -2.15. The molecule has 0 N–H and O–H groups in total. The summed E-state index contributed by atoms with van der Waals surface area (Å²) in [6.45, 7) is 16.4. The van der Waals surface area contributed by atoms with E-state index in [9.17, 15) is 0 Å². The summed E-state index contributed by atoms with van der Waals surface area (Å²) in [5.74, 6) is 4.19. The van der Waals surface area contributed by atoms with Crippen LogP contribution in [0.3, 0.4) is 0 Å². The van der Waals surface area contributed by atoms with Crippen molar-refractivity contribution in [1.29, 1.82) is 0 Å². The lowest BCUT2D eigenvalue weighted by atomic mass is 9.80. The summed E-state index contributed by atoms with van der Waals surface area (Å²) in [7, 11) is 0. The van der Waals surface area contributed by atoms with Gasteiger partial charge in [0.2, 0.25) is 0 Å². The van der Waals surface area contributed by atoms with Crippen molar-refractivity contribution < 1.29 is 0 Å². The zero-order chi connectivity index (χ0) is 12.7. The maximum atomic E-state index is 2.47. The van der Waals surface area contributed by atoms with Gasteiger partial charge in [-0.2, -0.15) is 0 Å². The van der Waals surface area contributed by atoms with Crippen LogP contribution in [0.1, 0.15) is 67.7 Å². The summed E-state index contributed by atoms with van der Waals surface area (Å²) >= 11 is 0. The average Bonchev–Trinajstić information content (AvgIpc) is 2.12.